The Morgan fingerprint density at radius 1 is 1.03 bits per heavy atom. The number of ether oxygens (including phenoxy) is 2. The van der Waals surface area contributed by atoms with E-state index in [1.807, 2.05) is 67.6 Å². The second-order valence-electron chi connectivity index (χ2n) is 6.67. The summed E-state index contributed by atoms with van der Waals surface area (Å²) in [7, 11) is 1.59. The molecule has 0 unspecified atom stereocenters. The van der Waals surface area contributed by atoms with Gasteiger partial charge in [-0.3, -0.25) is 9.78 Å². The Hall–Kier alpha value is -3.38. The quantitative estimate of drug-likeness (QED) is 0.613. The number of nitrogens with zero attached hydrogens (tertiary/aromatic N) is 1. The van der Waals surface area contributed by atoms with Gasteiger partial charge in [-0.1, -0.05) is 36.4 Å². The lowest BCUT2D eigenvalue weighted by Gasteiger charge is -2.19. The molecule has 0 spiro atoms. The molecule has 0 aliphatic rings. The van der Waals surface area contributed by atoms with Gasteiger partial charge in [0.15, 0.2) is 11.5 Å². The number of amides is 1. The Kier molecular flexibility index (Phi) is 6.81. The molecule has 0 radical (unpaired) electrons. The van der Waals surface area contributed by atoms with Gasteiger partial charge in [0.2, 0.25) is 5.91 Å². The predicted octanol–water partition coefficient (Wildman–Crippen LogP) is 3.55. The highest BCUT2D eigenvalue weighted by Crippen LogP contribution is 2.31. The Balaban J connectivity index is 1.66. The van der Waals surface area contributed by atoms with Crippen LogP contribution in [0.2, 0.25) is 0 Å². The van der Waals surface area contributed by atoms with Gasteiger partial charge >= 0.3 is 0 Å². The molecular formula is C23H25N3O3. The molecule has 150 valence electrons. The number of nitrogens with two attached hydrogens (primary N) is 1. The molecule has 0 saturated carbocycles. The van der Waals surface area contributed by atoms with Crippen molar-refractivity contribution in [1.82, 2.24) is 10.3 Å². The van der Waals surface area contributed by atoms with E-state index in [0.29, 0.717) is 18.1 Å². The molecule has 2 atom stereocenters. The van der Waals surface area contributed by atoms with Crippen LogP contribution in [0.15, 0.2) is 73.1 Å². The van der Waals surface area contributed by atoms with Crippen LogP contribution in [0.1, 0.15) is 35.7 Å². The first kappa shape index (κ1) is 20.4. The number of aromatic nitrogens is 1. The first-order valence-electron chi connectivity index (χ1n) is 9.39. The van der Waals surface area contributed by atoms with Crippen molar-refractivity contribution in [1.29, 1.82) is 0 Å². The molecular weight excluding hydrogens is 366 g/mol. The molecule has 1 heterocycles. The van der Waals surface area contributed by atoms with Crippen molar-refractivity contribution in [3.63, 3.8) is 0 Å². The zero-order valence-electron chi connectivity index (χ0n) is 16.5. The van der Waals surface area contributed by atoms with Gasteiger partial charge in [-0.2, -0.15) is 0 Å². The average Bonchev–Trinajstić information content (AvgIpc) is 2.78. The smallest absolute Gasteiger partial charge is 0.241 e. The maximum atomic E-state index is 12.5. The van der Waals surface area contributed by atoms with E-state index in [0.717, 1.165) is 16.7 Å². The molecule has 3 N–H and O–H groups in total. The minimum absolute atomic E-state index is 0.235. The van der Waals surface area contributed by atoms with E-state index in [9.17, 15) is 4.79 Å². The van der Waals surface area contributed by atoms with Crippen LogP contribution < -0.4 is 20.5 Å². The number of methoxy groups -OCH3 is 1. The van der Waals surface area contributed by atoms with Crippen molar-refractivity contribution in [2.75, 3.05) is 7.11 Å². The van der Waals surface area contributed by atoms with Crippen molar-refractivity contribution >= 4 is 5.91 Å². The Bertz CT molecular complexity index is 933. The number of hydrogen-bond acceptors (Lipinski definition) is 5. The monoisotopic (exact) mass is 391 g/mol. The SMILES string of the molecule is COc1cc([C@H](C)NC(=O)[C@H](N)c2ccccc2)ccc1OCc1ccncc1. The van der Waals surface area contributed by atoms with Crippen molar-refractivity contribution < 1.29 is 14.3 Å². The summed E-state index contributed by atoms with van der Waals surface area (Å²) in [6.07, 6.45) is 3.45. The molecule has 0 bridgehead atoms. The van der Waals surface area contributed by atoms with Crippen LogP contribution in [-0.2, 0) is 11.4 Å². The standard InChI is InChI=1S/C23H25N3O3/c1-16(26-23(27)22(24)18-6-4-3-5-7-18)19-8-9-20(21(14-19)28-2)29-15-17-10-12-25-13-11-17/h3-14,16,22H,15,24H2,1-2H3,(H,26,27)/t16-,22+/m0/s1. The first-order chi connectivity index (χ1) is 14.1. The van der Waals surface area contributed by atoms with Crippen molar-refractivity contribution in [3.8, 4) is 11.5 Å². The second kappa shape index (κ2) is 9.71. The molecule has 0 aliphatic heterocycles. The van der Waals surface area contributed by atoms with Crippen molar-refractivity contribution in [2.45, 2.75) is 25.6 Å². The highest BCUT2D eigenvalue weighted by Gasteiger charge is 2.19. The van der Waals surface area contributed by atoms with E-state index in [1.165, 1.54) is 0 Å². The lowest BCUT2D eigenvalue weighted by atomic mass is 10.0. The molecule has 0 fully saturated rings. The third-order valence-electron chi connectivity index (χ3n) is 4.63. The van der Waals surface area contributed by atoms with Gasteiger partial charge < -0.3 is 20.5 Å². The summed E-state index contributed by atoms with van der Waals surface area (Å²) in [4.78, 5) is 16.5. The largest absolute Gasteiger partial charge is 0.493 e. The number of carbonyl (C=O) groups is 1. The summed E-state index contributed by atoms with van der Waals surface area (Å²) in [5.74, 6) is 0.998. The lowest BCUT2D eigenvalue weighted by Crippen LogP contribution is -2.35. The van der Waals surface area contributed by atoms with Crippen LogP contribution in [0.5, 0.6) is 11.5 Å². The molecule has 6 heteroatoms. The maximum Gasteiger partial charge on any atom is 0.241 e. The van der Waals surface area contributed by atoms with E-state index in [4.69, 9.17) is 15.2 Å². The Morgan fingerprint density at radius 3 is 2.45 bits per heavy atom. The van der Waals surface area contributed by atoms with E-state index >= 15 is 0 Å². The van der Waals surface area contributed by atoms with Gasteiger partial charge in [0.05, 0.1) is 13.2 Å². The van der Waals surface area contributed by atoms with Crippen LogP contribution in [0.25, 0.3) is 0 Å². The number of nitrogens with one attached hydrogen (secondary N) is 1. The van der Waals surface area contributed by atoms with Crippen LogP contribution in [0.4, 0.5) is 0 Å². The topological polar surface area (TPSA) is 86.5 Å². The summed E-state index contributed by atoms with van der Waals surface area (Å²) in [5.41, 5.74) is 8.76. The average molecular weight is 391 g/mol. The van der Waals surface area contributed by atoms with Gasteiger partial charge in [0.25, 0.3) is 0 Å². The highest BCUT2D eigenvalue weighted by molar-refractivity contribution is 5.83. The maximum absolute atomic E-state index is 12.5. The predicted molar refractivity (Wildman–Crippen MR) is 111 cm³/mol. The number of hydrogen-bond donors (Lipinski definition) is 2. The van der Waals surface area contributed by atoms with Gasteiger partial charge in [-0.25, -0.2) is 0 Å². The van der Waals surface area contributed by atoms with E-state index in [1.54, 1.807) is 19.5 Å². The van der Waals surface area contributed by atoms with Crippen LogP contribution in [0, 0.1) is 0 Å². The fourth-order valence-electron chi connectivity index (χ4n) is 2.91. The minimum atomic E-state index is -0.719. The van der Waals surface area contributed by atoms with Crippen LogP contribution in [0.3, 0.4) is 0 Å². The molecule has 1 aromatic heterocycles. The third-order valence-corrected chi connectivity index (χ3v) is 4.63. The van der Waals surface area contributed by atoms with Gasteiger partial charge in [0.1, 0.15) is 12.6 Å². The number of carbonyl (C=O) groups excluding carboxylic acids is 1. The number of rotatable bonds is 8. The van der Waals surface area contributed by atoms with Crippen LogP contribution >= 0.6 is 0 Å². The summed E-state index contributed by atoms with van der Waals surface area (Å²) < 4.78 is 11.3. The zero-order valence-corrected chi connectivity index (χ0v) is 16.5. The van der Waals surface area contributed by atoms with E-state index in [2.05, 4.69) is 10.3 Å². The molecule has 2 aromatic carbocycles. The van der Waals surface area contributed by atoms with Gasteiger partial charge in [-0.05, 0) is 47.9 Å². The number of benzene rings is 2. The Morgan fingerprint density at radius 2 is 1.76 bits per heavy atom. The molecule has 0 aliphatic carbocycles. The van der Waals surface area contributed by atoms with Crippen molar-refractivity contribution in [3.05, 3.63) is 89.7 Å². The lowest BCUT2D eigenvalue weighted by molar-refractivity contribution is -0.123. The molecule has 1 amide bonds. The highest BCUT2D eigenvalue weighted by atomic mass is 16.5. The molecule has 29 heavy (non-hydrogen) atoms. The Labute approximate surface area is 170 Å². The van der Waals surface area contributed by atoms with Gasteiger partial charge in [0, 0.05) is 12.4 Å². The second-order valence-corrected chi connectivity index (χ2v) is 6.67. The summed E-state index contributed by atoms with van der Waals surface area (Å²) >= 11 is 0. The van der Waals surface area contributed by atoms with Gasteiger partial charge in [-0.15, -0.1) is 0 Å². The van der Waals surface area contributed by atoms with E-state index in [-0.39, 0.29) is 11.9 Å². The summed E-state index contributed by atoms with van der Waals surface area (Å²) in [6, 6.07) is 17.7. The van der Waals surface area contributed by atoms with Crippen LogP contribution in [-0.4, -0.2) is 18.0 Å². The summed E-state index contributed by atoms with van der Waals surface area (Å²) in [6.45, 7) is 2.32. The zero-order chi connectivity index (χ0) is 20.6. The minimum Gasteiger partial charge on any atom is -0.493 e. The molecule has 0 saturated heterocycles. The van der Waals surface area contributed by atoms with E-state index < -0.39 is 6.04 Å². The third kappa shape index (κ3) is 5.33. The first-order valence-corrected chi connectivity index (χ1v) is 9.39. The molecule has 6 nitrogen and oxygen atoms in total. The molecule has 3 rings (SSSR count). The fraction of sp³-hybridized carbons (Fsp3) is 0.217. The molecule has 3 aromatic rings. The fourth-order valence-corrected chi connectivity index (χ4v) is 2.91. The normalized spacial score (nSPS) is 12.7. The number of pyridine rings is 1. The van der Waals surface area contributed by atoms with Crippen molar-refractivity contribution in [2.24, 2.45) is 5.73 Å². The summed E-state index contributed by atoms with van der Waals surface area (Å²) in [5, 5.41) is 2.96.